The highest BCUT2D eigenvalue weighted by Crippen LogP contribution is 2.11. The predicted molar refractivity (Wildman–Crippen MR) is 115 cm³/mol. The van der Waals surface area contributed by atoms with Gasteiger partial charge >= 0.3 is 12.1 Å². The van der Waals surface area contributed by atoms with Crippen LogP contribution in [-0.4, -0.2) is 36.2 Å². The number of esters is 1. The van der Waals surface area contributed by atoms with Gasteiger partial charge in [-0.3, -0.25) is 9.69 Å². The number of hydrogen-bond donors (Lipinski definition) is 2. The number of carbonyl (C=O) groups excluding carboxylic acids is 2. The molecule has 2 aromatic carbocycles. The molecule has 0 bridgehead atoms. The lowest BCUT2D eigenvalue weighted by Crippen LogP contribution is -2.47. The molecule has 1 atom stereocenters. The number of nitrogens with zero attached hydrogens (tertiary/aromatic N) is 1. The number of nitrogens with two attached hydrogens (primary N) is 2. The van der Waals surface area contributed by atoms with Crippen LogP contribution in [-0.2, 0) is 27.5 Å². The highest BCUT2D eigenvalue weighted by Gasteiger charge is 2.21. The Morgan fingerprint density at radius 2 is 1.43 bits per heavy atom. The lowest BCUT2D eigenvalue weighted by Gasteiger charge is -2.28. The summed E-state index contributed by atoms with van der Waals surface area (Å²) in [6.45, 7) is 1.28. The zero-order valence-electron chi connectivity index (χ0n) is 17.2. The number of rotatable bonds is 12. The maximum atomic E-state index is 12.5. The Labute approximate surface area is 177 Å². The van der Waals surface area contributed by atoms with Crippen molar-refractivity contribution in [2.45, 2.75) is 45.1 Å². The molecular weight excluding hydrogens is 382 g/mol. The highest BCUT2D eigenvalue weighted by molar-refractivity contribution is 5.69. The smallest absolute Gasteiger partial charge is 0.411 e. The molecule has 4 N–H and O–H groups in total. The summed E-state index contributed by atoms with van der Waals surface area (Å²) >= 11 is 0. The van der Waals surface area contributed by atoms with Crippen LogP contribution in [0.3, 0.4) is 0 Å². The minimum absolute atomic E-state index is 0.178. The van der Waals surface area contributed by atoms with E-state index in [-0.39, 0.29) is 25.6 Å². The second-order valence-electron chi connectivity index (χ2n) is 6.98. The van der Waals surface area contributed by atoms with Crippen LogP contribution in [0.5, 0.6) is 0 Å². The van der Waals surface area contributed by atoms with E-state index in [9.17, 15) is 9.59 Å². The van der Waals surface area contributed by atoms with Gasteiger partial charge in [-0.05, 0) is 36.9 Å². The van der Waals surface area contributed by atoms with E-state index >= 15 is 0 Å². The Balaban J connectivity index is 1.75. The van der Waals surface area contributed by atoms with Crippen LogP contribution < -0.4 is 11.5 Å². The molecular formula is C23H31N3O4. The van der Waals surface area contributed by atoms with E-state index in [1.807, 2.05) is 60.7 Å². The van der Waals surface area contributed by atoms with E-state index in [1.165, 1.54) is 4.90 Å². The molecule has 7 nitrogen and oxygen atoms in total. The van der Waals surface area contributed by atoms with Crippen LogP contribution in [0.25, 0.3) is 0 Å². The summed E-state index contributed by atoms with van der Waals surface area (Å²) in [5.41, 5.74) is 13.6. The Hall–Kier alpha value is -2.90. The summed E-state index contributed by atoms with van der Waals surface area (Å²) in [4.78, 5) is 25.9. The molecule has 0 saturated heterocycles. The standard InChI is InChI=1S/C23H31N3O4/c24-15-8-16-26(23(28)30-18-20-11-5-2-6-12-20)21(25)13-7-14-22(27)29-17-19-9-3-1-4-10-19/h1-6,9-12,21H,7-8,13-18,24-25H2. The summed E-state index contributed by atoms with van der Waals surface area (Å²) in [5.74, 6) is -0.286. The second-order valence-corrected chi connectivity index (χ2v) is 6.98. The zero-order chi connectivity index (χ0) is 21.6. The van der Waals surface area contributed by atoms with Crippen molar-refractivity contribution in [3.05, 3.63) is 71.8 Å². The molecule has 0 heterocycles. The molecule has 0 aliphatic carbocycles. The van der Waals surface area contributed by atoms with E-state index in [0.717, 1.165) is 11.1 Å². The van der Waals surface area contributed by atoms with Crippen LogP contribution in [0.1, 0.15) is 36.8 Å². The summed E-state index contributed by atoms with van der Waals surface area (Å²) in [7, 11) is 0. The Bertz CT molecular complexity index is 756. The fraction of sp³-hybridized carbons (Fsp3) is 0.391. The predicted octanol–water partition coefficient (Wildman–Crippen LogP) is 3.17. The fourth-order valence-corrected chi connectivity index (χ4v) is 2.88. The van der Waals surface area contributed by atoms with E-state index < -0.39 is 12.3 Å². The lowest BCUT2D eigenvalue weighted by molar-refractivity contribution is -0.145. The molecule has 0 spiro atoms. The number of hydrogen-bond acceptors (Lipinski definition) is 6. The third kappa shape index (κ3) is 8.63. The number of benzene rings is 2. The van der Waals surface area contributed by atoms with Crippen molar-refractivity contribution in [2.75, 3.05) is 13.1 Å². The Kier molecular flexibility index (Phi) is 10.4. The molecule has 2 aromatic rings. The molecule has 0 aliphatic rings. The van der Waals surface area contributed by atoms with Gasteiger partial charge in [-0.1, -0.05) is 60.7 Å². The first-order valence-corrected chi connectivity index (χ1v) is 10.2. The lowest BCUT2D eigenvalue weighted by atomic mass is 10.2. The van der Waals surface area contributed by atoms with E-state index in [1.54, 1.807) is 0 Å². The van der Waals surface area contributed by atoms with Gasteiger partial charge in [0.2, 0.25) is 0 Å². The third-order valence-corrected chi connectivity index (χ3v) is 4.57. The van der Waals surface area contributed by atoms with Gasteiger partial charge in [0.05, 0.1) is 6.17 Å². The van der Waals surface area contributed by atoms with Crippen LogP contribution in [0.15, 0.2) is 60.7 Å². The quantitative estimate of drug-likeness (QED) is 0.409. The molecule has 2 rings (SSSR count). The second kappa shape index (κ2) is 13.3. The van der Waals surface area contributed by atoms with E-state index in [0.29, 0.717) is 32.4 Å². The first-order valence-electron chi connectivity index (χ1n) is 10.2. The van der Waals surface area contributed by atoms with E-state index in [4.69, 9.17) is 20.9 Å². The van der Waals surface area contributed by atoms with Crippen molar-refractivity contribution in [1.29, 1.82) is 0 Å². The summed E-state index contributed by atoms with van der Waals surface area (Å²) in [6.07, 6.45) is 0.802. The van der Waals surface area contributed by atoms with Gasteiger partial charge in [-0.2, -0.15) is 0 Å². The van der Waals surface area contributed by atoms with Gasteiger partial charge < -0.3 is 20.9 Å². The monoisotopic (exact) mass is 413 g/mol. The molecule has 0 radical (unpaired) electrons. The van der Waals surface area contributed by atoms with Crippen molar-refractivity contribution < 1.29 is 19.1 Å². The van der Waals surface area contributed by atoms with Gasteiger partial charge in [0, 0.05) is 13.0 Å². The molecule has 30 heavy (non-hydrogen) atoms. The SMILES string of the molecule is NCCCN(C(=O)OCc1ccccc1)C(N)CCCC(=O)OCc1ccccc1. The summed E-state index contributed by atoms with van der Waals surface area (Å²) in [6, 6.07) is 19.0. The first kappa shape index (κ1) is 23.4. The first-order chi connectivity index (χ1) is 14.6. The molecule has 162 valence electrons. The molecule has 0 saturated carbocycles. The minimum atomic E-state index is -0.554. The van der Waals surface area contributed by atoms with Crippen molar-refractivity contribution in [2.24, 2.45) is 11.5 Å². The van der Waals surface area contributed by atoms with Gasteiger partial charge in [-0.15, -0.1) is 0 Å². The van der Waals surface area contributed by atoms with Crippen molar-refractivity contribution >= 4 is 12.1 Å². The summed E-state index contributed by atoms with van der Waals surface area (Å²) in [5, 5.41) is 0. The third-order valence-electron chi connectivity index (χ3n) is 4.57. The normalized spacial score (nSPS) is 11.5. The molecule has 1 amide bonds. The minimum Gasteiger partial charge on any atom is -0.461 e. The average molecular weight is 414 g/mol. The molecule has 7 heteroatoms. The number of amides is 1. The Morgan fingerprint density at radius 3 is 2.00 bits per heavy atom. The van der Waals surface area contributed by atoms with Crippen LogP contribution in [0.4, 0.5) is 4.79 Å². The molecule has 0 aromatic heterocycles. The van der Waals surface area contributed by atoms with Gasteiger partial charge in [0.1, 0.15) is 13.2 Å². The van der Waals surface area contributed by atoms with E-state index in [2.05, 4.69) is 0 Å². The van der Waals surface area contributed by atoms with Crippen LogP contribution >= 0.6 is 0 Å². The van der Waals surface area contributed by atoms with Crippen molar-refractivity contribution in [3.8, 4) is 0 Å². The Morgan fingerprint density at radius 1 is 0.867 bits per heavy atom. The average Bonchev–Trinajstić information content (AvgIpc) is 2.78. The van der Waals surface area contributed by atoms with Crippen LogP contribution in [0.2, 0.25) is 0 Å². The largest absolute Gasteiger partial charge is 0.461 e. The van der Waals surface area contributed by atoms with Crippen molar-refractivity contribution in [1.82, 2.24) is 4.90 Å². The fourth-order valence-electron chi connectivity index (χ4n) is 2.88. The molecule has 0 fully saturated rings. The molecule has 1 unspecified atom stereocenters. The maximum absolute atomic E-state index is 12.5. The maximum Gasteiger partial charge on any atom is 0.411 e. The van der Waals surface area contributed by atoms with Gasteiger partial charge in [0.15, 0.2) is 0 Å². The number of ether oxygens (including phenoxy) is 2. The topological polar surface area (TPSA) is 108 Å². The highest BCUT2D eigenvalue weighted by atomic mass is 16.6. The van der Waals surface area contributed by atoms with Gasteiger partial charge in [-0.25, -0.2) is 4.79 Å². The molecule has 0 aliphatic heterocycles. The van der Waals surface area contributed by atoms with Gasteiger partial charge in [0.25, 0.3) is 0 Å². The summed E-state index contributed by atoms with van der Waals surface area (Å²) < 4.78 is 10.7. The van der Waals surface area contributed by atoms with Crippen molar-refractivity contribution in [3.63, 3.8) is 0 Å². The number of carbonyl (C=O) groups is 2. The van der Waals surface area contributed by atoms with Crippen LogP contribution in [0, 0.1) is 0 Å². The zero-order valence-corrected chi connectivity index (χ0v) is 17.2.